The fourth-order valence-electron chi connectivity index (χ4n) is 7.98. The number of anilines is 1. The SMILES string of the molecule is CCOC(=O)CCC1CCCc2c1ccc1c2C(C(=O)c2ccc(NC(=O)c3ccccc3-c3ccccc3CN)cc2)Cc2ccccc2-1. The van der Waals surface area contributed by atoms with Gasteiger partial charge in [-0.05, 0) is 125 Å². The molecule has 50 heavy (non-hydrogen) atoms. The van der Waals surface area contributed by atoms with Crippen LogP contribution in [0.15, 0.2) is 109 Å². The summed E-state index contributed by atoms with van der Waals surface area (Å²) in [5.41, 5.74) is 17.7. The van der Waals surface area contributed by atoms with Crippen LogP contribution >= 0.6 is 0 Å². The van der Waals surface area contributed by atoms with Gasteiger partial charge in [-0.1, -0.05) is 78.9 Å². The van der Waals surface area contributed by atoms with Crippen molar-refractivity contribution in [2.24, 2.45) is 5.73 Å². The van der Waals surface area contributed by atoms with E-state index in [-0.39, 0.29) is 29.5 Å². The summed E-state index contributed by atoms with van der Waals surface area (Å²) >= 11 is 0. The largest absolute Gasteiger partial charge is 0.466 e. The zero-order chi connectivity index (χ0) is 34.6. The zero-order valence-corrected chi connectivity index (χ0v) is 28.4. The number of Topliss-reactive ketones (excluding diaryl/α,β-unsaturated/α-hetero) is 1. The van der Waals surface area contributed by atoms with Crippen LogP contribution in [0.5, 0.6) is 0 Å². The predicted octanol–water partition coefficient (Wildman–Crippen LogP) is 9.02. The summed E-state index contributed by atoms with van der Waals surface area (Å²) in [6.07, 6.45) is 4.74. The highest BCUT2D eigenvalue weighted by Crippen LogP contribution is 2.47. The first-order valence-corrected chi connectivity index (χ1v) is 17.7. The van der Waals surface area contributed by atoms with Crippen LogP contribution in [-0.2, 0) is 28.9 Å². The van der Waals surface area contributed by atoms with E-state index in [0.29, 0.717) is 42.8 Å². The van der Waals surface area contributed by atoms with E-state index in [2.05, 4.69) is 35.6 Å². The van der Waals surface area contributed by atoms with Crippen LogP contribution < -0.4 is 11.1 Å². The summed E-state index contributed by atoms with van der Waals surface area (Å²) in [7, 11) is 0. The smallest absolute Gasteiger partial charge is 0.305 e. The maximum Gasteiger partial charge on any atom is 0.305 e. The second-order valence-corrected chi connectivity index (χ2v) is 13.2. The highest BCUT2D eigenvalue weighted by molar-refractivity contribution is 6.09. The molecule has 7 rings (SSSR count). The number of carbonyl (C=O) groups is 3. The van der Waals surface area contributed by atoms with Gasteiger partial charge in [-0.2, -0.15) is 0 Å². The molecule has 0 saturated carbocycles. The standard InChI is InChI=1S/C44H42N2O4/c1-2-50-41(47)25-20-28-12-9-17-37-35(28)23-24-38-33-13-5-3-10-30(33)26-40(42(37)38)43(48)29-18-21-32(22-19-29)46-44(49)39-16-8-7-15-36(39)34-14-6-4-11-31(34)27-45/h3-8,10-11,13-16,18-19,21-24,28,40H,2,9,12,17,20,25-27,45H2,1H3,(H,46,49). The molecule has 2 unspecified atom stereocenters. The minimum atomic E-state index is -0.325. The molecule has 1 amide bonds. The van der Waals surface area contributed by atoms with E-state index in [9.17, 15) is 14.4 Å². The Balaban J connectivity index is 1.16. The van der Waals surface area contributed by atoms with E-state index in [4.69, 9.17) is 10.5 Å². The fraction of sp³-hybridized carbons (Fsp3) is 0.250. The van der Waals surface area contributed by atoms with Crippen molar-refractivity contribution in [2.75, 3.05) is 11.9 Å². The summed E-state index contributed by atoms with van der Waals surface area (Å²) in [5, 5.41) is 3.04. The molecule has 0 spiro atoms. The second kappa shape index (κ2) is 14.7. The number of benzene rings is 5. The van der Waals surface area contributed by atoms with Gasteiger partial charge in [-0.15, -0.1) is 0 Å². The van der Waals surface area contributed by atoms with E-state index in [1.807, 2.05) is 85.8 Å². The van der Waals surface area contributed by atoms with Gasteiger partial charge in [0, 0.05) is 29.8 Å². The van der Waals surface area contributed by atoms with Crippen LogP contribution in [0, 0.1) is 0 Å². The number of ketones is 1. The number of fused-ring (bicyclic) bond motifs is 5. The van der Waals surface area contributed by atoms with Gasteiger partial charge >= 0.3 is 5.97 Å². The van der Waals surface area contributed by atoms with E-state index in [0.717, 1.165) is 53.5 Å². The number of hydrogen-bond acceptors (Lipinski definition) is 5. The molecule has 252 valence electrons. The topological polar surface area (TPSA) is 98.5 Å². The molecule has 2 aliphatic carbocycles. The minimum Gasteiger partial charge on any atom is -0.466 e. The Morgan fingerprint density at radius 3 is 2.30 bits per heavy atom. The van der Waals surface area contributed by atoms with Crippen molar-refractivity contribution in [3.05, 3.63) is 148 Å². The third-order valence-electron chi connectivity index (χ3n) is 10.3. The zero-order valence-electron chi connectivity index (χ0n) is 28.4. The van der Waals surface area contributed by atoms with Crippen LogP contribution in [0.2, 0.25) is 0 Å². The van der Waals surface area contributed by atoms with E-state index in [1.165, 1.54) is 22.3 Å². The maximum atomic E-state index is 14.5. The molecule has 0 saturated heterocycles. The van der Waals surface area contributed by atoms with Crippen molar-refractivity contribution in [1.29, 1.82) is 0 Å². The van der Waals surface area contributed by atoms with Crippen LogP contribution in [0.25, 0.3) is 22.3 Å². The van der Waals surface area contributed by atoms with Crippen molar-refractivity contribution >= 4 is 23.3 Å². The molecule has 0 aliphatic heterocycles. The first kappa shape index (κ1) is 33.2. The van der Waals surface area contributed by atoms with Gasteiger partial charge in [-0.25, -0.2) is 0 Å². The summed E-state index contributed by atoms with van der Waals surface area (Å²) in [5.74, 6) is -0.370. The molecule has 2 aliphatic rings. The maximum absolute atomic E-state index is 14.5. The highest BCUT2D eigenvalue weighted by Gasteiger charge is 2.35. The number of nitrogens with one attached hydrogen (secondary N) is 1. The van der Waals surface area contributed by atoms with Crippen LogP contribution in [0.3, 0.4) is 0 Å². The first-order valence-electron chi connectivity index (χ1n) is 17.7. The van der Waals surface area contributed by atoms with Crippen LogP contribution in [0.4, 0.5) is 5.69 Å². The monoisotopic (exact) mass is 662 g/mol. The number of rotatable bonds is 10. The van der Waals surface area contributed by atoms with Gasteiger partial charge in [0.25, 0.3) is 5.91 Å². The summed E-state index contributed by atoms with van der Waals surface area (Å²) in [4.78, 5) is 40.3. The molecular formula is C44H42N2O4. The molecule has 0 radical (unpaired) electrons. The van der Waals surface area contributed by atoms with Crippen molar-refractivity contribution in [3.63, 3.8) is 0 Å². The van der Waals surface area contributed by atoms with E-state index < -0.39 is 0 Å². The summed E-state index contributed by atoms with van der Waals surface area (Å²) in [6.45, 7) is 2.60. The molecule has 6 heteroatoms. The van der Waals surface area contributed by atoms with Crippen molar-refractivity contribution in [3.8, 4) is 22.3 Å². The molecule has 5 aromatic rings. The van der Waals surface area contributed by atoms with Gasteiger partial charge in [0.15, 0.2) is 5.78 Å². The van der Waals surface area contributed by atoms with Gasteiger partial charge in [-0.3, -0.25) is 14.4 Å². The van der Waals surface area contributed by atoms with Crippen molar-refractivity contribution in [2.45, 2.75) is 63.8 Å². The number of amides is 1. The minimum absolute atomic E-state index is 0.0735. The summed E-state index contributed by atoms with van der Waals surface area (Å²) in [6, 6.07) is 35.5. The second-order valence-electron chi connectivity index (χ2n) is 13.2. The molecule has 0 fully saturated rings. The summed E-state index contributed by atoms with van der Waals surface area (Å²) < 4.78 is 5.22. The van der Waals surface area contributed by atoms with Crippen LogP contribution in [0.1, 0.15) is 93.0 Å². The number of ether oxygens (including phenoxy) is 1. The molecule has 3 N–H and O–H groups in total. The Bertz CT molecular complexity index is 2070. The van der Waals surface area contributed by atoms with Gasteiger partial charge in [0.1, 0.15) is 0 Å². The Hall–Kier alpha value is -5.33. The normalized spacial score (nSPS) is 16.0. The first-order chi connectivity index (χ1) is 24.5. The number of nitrogens with two attached hydrogens (primary N) is 1. The Labute approximate surface area is 293 Å². The lowest BCUT2D eigenvalue weighted by molar-refractivity contribution is -0.143. The van der Waals surface area contributed by atoms with Crippen LogP contribution in [-0.4, -0.2) is 24.3 Å². The molecule has 0 bridgehead atoms. The number of carbonyl (C=O) groups excluding carboxylic acids is 3. The van der Waals surface area contributed by atoms with Crippen molar-refractivity contribution in [1.82, 2.24) is 0 Å². The highest BCUT2D eigenvalue weighted by atomic mass is 16.5. The molecule has 5 aromatic carbocycles. The fourth-order valence-corrected chi connectivity index (χ4v) is 7.98. The Morgan fingerprint density at radius 2 is 1.52 bits per heavy atom. The lowest BCUT2D eigenvalue weighted by Crippen LogP contribution is -2.24. The van der Waals surface area contributed by atoms with Gasteiger partial charge in [0.05, 0.1) is 12.5 Å². The molecule has 2 atom stereocenters. The van der Waals surface area contributed by atoms with E-state index >= 15 is 0 Å². The molecule has 0 heterocycles. The Morgan fingerprint density at radius 1 is 0.800 bits per heavy atom. The predicted molar refractivity (Wildman–Crippen MR) is 198 cm³/mol. The lowest BCUT2D eigenvalue weighted by Gasteiger charge is -2.34. The molecule has 6 nitrogen and oxygen atoms in total. The molecule has 0 aromatic heterocycles. The Kier molecular flexibility index (Phi) is 9.72. The average Bonchev–Trinajstić information content (AvgIpc) is 3.16. The number of hydrogen-bond donors (Lipinski definition) is 2. The van der Waals surface area contributed by atoms with Gasteiger partial charge < -0.3 is 15.8 Å². The lowest BCUT2D eigenvalue weighted by atomic mass is 9.69. The quantitative estimate of drug-likeness (QED) is 0.115. The van der Waals surface area contributed by atoms with E-state index in [1.54, 1.807) is 0 Å². The number of esters is 1. The van der Waals surface area contributed by atoms with Gasteiger partial charge in [0.2, 0.25) is 0 Å². The third-order valence-corrected chi connectivity index (χ3v) is 10.3. The average molecular weight is 663 g/mol. The van der Waals surface area contributed by atoms with Crippen molar-refractivity contribution < 1.29 is 19.1 Å². The molecular weight excluding hydrogens is 620 g/mol. The third kappa shape index (κ3) is 6.51.